The van der Waals surface area contributed by atoms with Crippen molar-refractivity contribution in [3.63, 3.8) is 0 Å². The second-order valence-corrected chi connectivity index (χ2v) is 4.98. The van der Waals surface area contributed by atoms with Crippen LogP contribution in [0.2, 0.25) is 0 Å². The summed E-state index contributed by atoms with van der Waals surface area (Å²) in [7, 11) is -2.95. The molecule has 0 heterocycles. The van der Waals surface area contributed by atoms with E-state index >= 15 is 0 Å². The summed E-state index contributed by atoms with van der Waals surface area (Å²) in [6.45, 7) is 0.459. The number of nitrogens with two attached hydrogens (primary N) is 1. The van der Waals surface area contributed by atoms with Gasteiger partial charge in [0.25, 0.3) is 0 Å². The molecule has 0 radical (unpaired) electrons. The summed E-state index contributed by atoms with van der Waals surface area (Å²) in [6, 6.07) is 0. The molecule has 1 atom stereocenters. The Kier molecular flexibility index (Phi) is 5.23. The molecule has 0 aliphatic heterocycles. The van der Waals surface area contributed by atoms with Crippen molar-refractivity contribution >= 4 is 7.37 Å². The predicted molar refractivity (Wildman–Crippen MR) is 46.7 cm³/mol. The third kappa shape index (κ3) is 6.12. The fraction of sp³-hybridized carbons (Fsp3) is 0.714. The molecule has 11 heavy (non-hydrogen) atoms. The summed E-state index contributed by atoms with van der Waals surface area (Å²) < 4.78 is 11.1. The maximum atomic E-state index is 11.1. The van der Waals surface area contributed by atoms with E-state index in [9.17, 15) is 9.46 Å². The molecular weight excluding hydrogens is 161 g/mol. The van der Waals surface area contributed by atoms with E-state index in [4.69, 9.17) is 12.2 Å². The van der Waals surface area contributed by atoms with Crippen molar-refractivity contribution in [2.24, 2.45) is 5.73 Å². The third-order valence-corrected chi connectivity index (χ3v) is 3.25. The molecule has 3 N–H and O–H groups in total. The molecule has 0 rings (SSSR count). The second-order valence-electron chi connectivity index (χ2n) is 2.39. The largest absolute Gasteiger partial charge is 0.344 e. The molecule has 3 nitrogen and oxygen atoms in total. The quantitative estimate of drug-likeness (QED) is 0.475. The Morgan fingerprint density at radius 3 is 2.64 bits per heavy atom. The first kappa shape index (κ1) is 10.7. The Morgan fingerprint density at radius 2 is 2.18 bits per heavy atom. The molecule has 0 fully saturated rings. The summed E-state index contributed by atoms with van der Waals surface area (Å²) in [5.41, 5.74) is 5.19. The van der Waals surface area contributed by atoms with Gasteiger partial charge in [-0.1, -0.05) is 0 Å². The van der Waals surface area contributed by atoms with Crippen LogP contribution in [0.3, 0.4) is 0 Å². The van der Waals surface area contributed by atoms with Crippen molar-refractivity contribution in [3.8, 4) is 12.3 Å². The molecular formula is C7H14NO2P. The van der Waals surface area contributed by atoms with Crippen molar-refractivity contribution in [2.45, 2.75) is 12.8 Å². The smallest absolute Gasteiger partial charge is 0.201 e. The van der Waals surface area contributed by atoms with E-state index in [-0.39, 0.29) is 6.16 Å². The fourth-order valence-electron chi connectivity index (χ4n) is 0.689. The average Bonchev–Trinajstić information content (AvgIpc) is 1.97. The van der Waals surface area contributed by atoms with Crippen molar-refractivity contribution in [1.29, 1.82) is 0 Å². The van der Waals surface area contributed by atoms with Crippen molar-refractivity contribution in [2.75, 3.05) is 18.9 Å². The van der Waals surface area contributed by atoms with Crippen LogP contribution < -0.4 is 5.73 Å². The maximum Gasteiger partial charge on any atom is 0.201 e. The number of rotatable bonds is 5. The standard InChI is InChI=1S/C7H14NO2P/c1-2-3-6-11(9,10)7-4-5-8/h1H,3-8H2,(H,9,10). The Hall–Kier alpha value is -0.290. The van der Waals surface area contributed by atoms with Gasteiger partial charge < -0.3 is 10.6 Å². The number of hydrogen-bond donors (Lipinski definition) is 2. The van der Waals surface area contributed by atoms with Crippen molar-refractivity contribution in [1.82, 2.24) is 0 Å². The van der Waals surface area contributed by atoms with Crippen molar-refractivity contribution < 1.29 is 9.46 Å². The predicted octanol–water partition coefficient (Wildman–Crippen LogP) is 0.629. The number of hydrogen-bond acceptors (Lipinski definition) is 2. The van der Waals surface area contributed by atoms with E-state index in [1.54, 1.807) is 0 Å². The van der Waals surface area contributed by atoms with E-state index < -0.39 is 7.37 Å². The van der Waals surface area contributed by atoms with Crippen LogP contribution in [0, 0.1) is 12.3 Å². The van der Waals surface area contributed by atoms with Crippen LogP contribution in [0.5, 0.6) is 0 Å². The molecule has 0 bridgehead atoms. The van der Waals surface area contributed by atoms with Gasteiger partial charge in [-0.3, -0.25) is 4.57 Å². The van der Waals surface area contributed by atoms with Gasteiger partial charge in [0.05, 0.1) is 0 Å². The number of terminal acetylenes is 1. The minimum Gasteiger partial charge on any atom is -0.344 e. The highest BCUT2D eigenvalue weighted by Gasteiger charge is 2.15. The van der Waals surface area contributed by atoms with Gasteiger partial charge in [0.1, 0.15) is 0 Å². The zero-order valence-corrected chi connectivity index (χ0v) is 7.39. The van der Waals surface area contributed by atoms with Crippen LogP contribution in [0.4, 0.5) is 0 Å². The zero-order valence-electron chi connectivity index (χ0n) is 6.49. The van der Waals surface area contributed by atoms with E-state index in [1.165, 1.54) is 0 Å². The summed E-state index contributed by atoms with van der Waals surface area (Å²) >= 11 is 0. The summed E-state index contributed by atoms with van der Waals surface area (Å²) in [5.74, 6) is 2.34. The van der Waals surface area contributed by atoms with Gasteiger partial charge in [0.2, 0.25) is 7.37 Å². The molecule has 0 saturated carbocycles. The molecule has 0 aliphatic carbocycles. The Morgan fingerprint density at radius 1 is 1.55 bits per heavy atom. The molecule has 0 aromatic rings. The van der Waals surface area contributed by atoms with E-state index in [0.29, 0.717) is 25.5 Å². The average molecular weight is 175 g/mol. The first-order valence-electron chi connectivity index (χ1n) is 3.57. The SMILES string of the molecule is C#CCCP(=O)(O)CCCN. The van der Waals surface area contributed by atoms with Gasteiger partial charge in [-0.2, -0.15) is 0 Å². The minimum absolute atomic E-state index is 0.226. The van der Waals surface area contributed by atoms with Crippen LogP contribution >= 0.6 is 7.37 Å². The van der Waals surface area contributed by atoms with Crippen LogP contribution in [0.25, 0.3) is 0 Å². The lowest BCUT2D eigenvalue weighted by atomic mass is 10.5. The minimum atomic E-state index is -2.95. The molecule has 0 aromatic carbocycles. The van der Waals surface area contributed by atoms with Gasteiger partial charge in [0.15, 0.2) is 0 Å². The van der Waals surface area contributed by atoms with Gasteiger partial charge in [-0.25, -0.2) is 0 Å². The first-order valence-corrected chi connectivity index (χ1v) is 5.60. The Bertz CT molecular complexity index is 185. The highest BCUT2D eigenvalue weighted by molar-refractivity contribution is 7.57. The Labute approximate surface area is 67.4 Å². The van der Waals surface area contributed by atoms with Crippen LogP contribution in [0.1, 0.15) is 12.8 Å². The highest BCUT2D eigenvalue weighted by atomic mass is 31.2. The maximum absolute atomic E-state index is 11.1. The lowest BCUT2D eigenvalue weighted by molar-refractivity contribution is 0.476. The first-order chi connectivity index (χ1) is 5.12. The molecule has 64 valence electrons. The van der Waals surface area contributed by atoms with E-state index in [1.807, 2.05) is 0 Å². The van der Waals surface area contributed by atoms with Crippen LogP contribution in [-0.4, -0.2) is 23.8 Å². The molecule has 0 aliphatic rings. The van der Waals surface area contributed by atoms with Crippen molar-refractivity contribution in [3.05, 3.63) is 0 Å². The normalized spacial score (nSPS) is 15.4. The summed E-state index contributed by atoms with van der Waals surface area (Å²) in [5, 5.41) is 0. The third-order valence-electron chi connectivity index (χ3n) is 1.32. The van der Waals surface area contributed by atoms with Crippen LogP contribution in [0.15, 0.2) is 0 Å². The molecule has 0 amide bonds. The molecule has 0 spiro atoms. The molecule has 4 heteroatoms. The van der Waals surface area contributed by atoms with Gasteiger partial charge in [0, 0.05) is 18.7 Å². The molecule has 0 aromatic heterocycles. The zero-order chi connectivity index (χ0) is 8.74. The van der Waals surface area contributed by atoms with Gasteiger partial charge in [-0.05, 0) is 13.0 Å². The Balaban J connectivity index is 3.64. The lowest BCUT2D eigenvalue weighted by Crippen LogP contribution is -2.03. The van der Waals surface area contributed by atoms with Gasteiger partial charge in [-0.15, -0.1) is 12.3 Å². The second kappa shape index (κ2) is 5.37. The van der Waals surface area contributed by atoms with Gasteiger partial charge >= 0.3 is 0 Å². The fourth-order valence-corrected chi connectivity index (χ4v) is 2.07. The summed E-state index contributed by atoms with van der Waals surface area (Å²) in [6.07, 6.45) is 6.45. The lowest BCUT2D eigenvalue weighted by Gasteiger charge is -2.07. The topological polar surface area (TPSA) is 63.3 Å². The summed E-state index contributed by atoms with van der Waals surface area (Å²) in [4.78, 5) is 9.18. The molecule has 0 saturated heterocycles. The van der Waals surface area contributed by atoms with Crippen LogP contribution in [-0.2, 0) is 4.57 Å². The van der Waals surface area contributed by atoms with E-state index in [2.05, 4.69) is 5.92 Å². The van der Waals surface area contributed by atoms with E-state index in [0.717, 1.165) is 0 Å². The monoisotopic (exact) mass is 175 g/mol. The molecule has 1 unspecified atom stereocenters. The highest BCUT2D eigenvalue weighted by Crippen LogP contribution is 2.41.